The Kier molecular flexibility index (Phi) is 3.47. The molecule has 0 aliphatic rings. The van der Waals surface area contributed by atoms with Crippen LogP contribution in [0.4, 0.5) is 0 Å². The molecule has 2 aromatic heterocycles. The summed E-state index contributed by atoms with van der Waals surface area (Å²) in [6.07, 6.45) is 0. The molecule has 3 aromatic rings. The van der Waals surface area contributed by atoms with Crippen molar-refractivity contribution in [2.45, 2.75) is 4.83 Å². The molecule has 1 unspecified atom stereocenters. The van der Waals surface area contributed by atoms with E-state index in [4.69, 9.17) is 23.2 Å². The van der Waals surface area contributed by atoms with Crippen molar-refractivity contribution in [3.05, 3.63) is 54.5 Å². The quantitative estimate of drug-likeness (QED) is 0.624. The van der Waals surface area contributed by atoms with Gasteiger partial charge in [0, 0.05) is 5.56 Å². The standard InChI is InChI=1S/C12H7BrCl2N2OS/c13-10(6-4-9(14)19-11(6)15)5-1-2-7-8(3-5)17-12(18)16-7/h1-4,10H,(H2,16,17,18). The zero-order valence-electron chi connectivity index (χ0n) is 9.34. The van der Waals surface area contributed by atoms with E-state index in [9.17, 15) is 4.79 Å². The summed E-state index contributed by atoms with van der Waals surface area (Å²) in [5.41, 5.74) is 3.26. The van der Waals surface area contributed by atoms with Crippen LogP contribution in [0.15, 0.2) is 29.1 Å². The minimum atomic E-state index is -0.213. The van der Waals surface area contributed by atoms with E-state index in [1.54, 1.807) is 0 Å². The molecule has 0 radical (unpaired) electrons. The van der Waals surface area contributed by atoms with Gasteiger partial charge in [-0.1, -0.05) is 45.2 Å². The Morgan fingerprint density at radius 3 is 2.58 bits per heavy atom. The van der Waals surface area contributed by atoms with Gasteiger partial charge in [0.15, 0.2) is 0 Å². The normalized spacial score (nSPS) is 13.0. The zero-order chi connectivity index (χ0) is 13.6. The largest absolute Gasteiger partial charge is 0.323 e. The van der Waals surface area contributed by atoms with E-state index in [0.717, 1.165) is 22.2 Å². The monoisotopic (exact) mass is 376 g/mol. The van der Waals surface area contributed by atoms with Gasteiger partial charge >= 0.3 is 5.69 Å². The fraction of sp³-hybridized carbons (Fsp3) is 0.0833. The van der Waals surface area contributed by atoms with Crippen molar-refractivity contribution in [1.29, 1.82) is 0 Å². The number of thiophene rings is 1. The van der Waals surface area contributed by atoms with Crippen molar-refractivity contribution < 1.29 is 0 Å². The predicted octanol–water partition coefficient (Wildman–Crippen LogP) is 4.71. The summed E-state index contributed by atoms with van der Waals surface area (Å²) in [6.45, 7) is 0. The summed E-state index contributed by atoms with van der Waals surface area (Å²) in [5.74, 6) is 0. The summed E-state index contributed by atoms with van der Waals surface area (Å²) in [4.78, 5) is 16.6. The molecule has 0 bridgehead atoms. The number of fused-ring (bicyclic) bond motifs is 1. The first-order valence-corrected chi connectivity index (χ1v) is 7.84. The molecule has 3 rings (SSSR count). The van der Waals surface area contributed by atoms with Crippen LogP contribution < -0.4 is 5.69 Å². The van der Waals surface area contributed by atoms with Gasteiger partial charge in [-0.25, -0.2) is 4.79 Å². The fourth-order valence-electron chi connectivity index (χ4n) is 1.91. The minimum absolute atomic E-state index is 0.0634. The molecule has 7 heteroatoms. The maximum absolute atomic E-state index is 11.2. The second-order valence-corrected chi connectivity index (χ2v) is 7.23. The number of alkyl halides is 1. The van der Waals surface area contributed by atoms with Gasteiger partial charge in [0.05, 0.1) is 24.5 Å². The van der Waals surface area contributed by atoms with Gasteiger partial charge in [-0.2, -0.15) is 0 Å². The van der Waals surface area contributed by atoms with Gasteiger partial charge in [-0.15, -0.1) is 11.3 Å². The molecule has 2 N–H and O–H groups in total. The number of aromatic nitrogens is 2. The number of H-pyrrole nitrogens is 2. The predicted molar refractivity (Wildman–Crippen MR) is 84.0 cm³/mol. The second kappa shape index (κ2) is 4.98. The Balaban J connectivity index is 2.08. The van der Waals surface area contributed by atoms with E-state index in [-0.39, 0.29) is 10.5 Å². The zero-order valence-corrected chi connectivity index (χ0v) is 13.3. The highest BCUT2D eigenvalue weighted by atomic mass is 79.9. The van der Waals surface area contributed by atoms with E-state index < -0.39 is 0 Å². The van der Waals surface area contributed by atoms with Crippen molar-refractivity contribution in [2.24, 2.45) is 0 Å². The third kappa shape index (κ3) is 2.48. The Bertz CT molecular complexity index is 808. The van der Waals surface area contributed by atoms with E-state index in [1.165, 1.54) is 11.3 Å². The molecule has 0 fully saturated rings. The highest BCUT2D eigenvalue weighted by Gasteiger charge is 2.17. The molecule has 0 aliphatic carbocycles. The molecule has 2 heterocycles. The highest BCUT2D eigenvalue weighted by Crippen LogP contribution is 2.41. The molecule has 98 valence electrons. The molecule has 0 saturated heterocycles. The van der Waals surface area contributed by atoms with Crippen LogP contribution in [-0.4, -0.2) is 9.97 Å². The molecule has 0 amide bonds. The summed E-state index contributed by atoms with van der Waals surface area (Å²) >= 11 is 17.1. The van der Waals surface area contributed by atoms with Gasteiger partial charge in [0.25, 0.3) is 0 Å². The number of hydrogen-bond acceptors (Lipinski definition) is 2. The van der Waals surface area contributed by atoms with Gasteiger partial charge in [0.1, 0.15) is 0 Å². The number of halogens is 3. The third-order valence-corrected chi connectivity index (χ3v) is 5.33. The van der Waals surface area contributed by atoms with Crippen LogP contribution in [0.3, 0.4) is 0 Å². The van der Waals surface area contributed by atoms with Crippen molar-refractivity contribution in [3.8, 4) is 0 Å². The summed E-state index contributed by atoms with van der Waals surface area (Å²) < 4.78 is 1.31. The summed E-state index contributed by atoms with van der Waals surface area (Å²) in [7, 11) is 0. The molecular formula is C12H7BrCl2N2OS. The lowest BCUT2D eigenvalue weighted by molar-refractivity contribution is 1.20. The lowest BCUT2D eigenvalue weighted by Crippen LogP contribution is -1.99. The lowest BCUT2D eigenvalue weighted by atomic mass is 10.1. The Hall–Kier alpha value is -0.750. The van der Waals surface area contributed by atoms with E-state index >= 15 is 0 Å². The second-order valence-electron chi connectivity index (χ2n) is 4.03. The Morgan fingerprint density at radius 2 is 1.89 bits per heavy atom. The van der Waals surface area contributed by atoms with Crippen molar-refractivity contribution in [2.75, 3.05) is 0 Å². The molecule has 3 nitrogen and oxygen atoms in total. The molecule has 0 aliphatic heterocycles. The molecule has 1 aromatic carbocycles. The number of hydrogen-bond donors (Lipinski definition) is 2. The van der Waals surface area contributed by atoms with Gasteiger partial charge < -0.3 is 9.97 Å². The summed E-state index contributed by atoms with van der Waals surface area (Å²) in [5, 5.41) is 0. The topological polar surface area (TPSA) is 48.6 Å². The number of aromatic amines is 2. The molecule has 0 spiro atoms. The van der Waals surface area contributed by atoms with Crippen LogP contribution in [-0.2, 0) is 0 Å². The number of rotatable bonds is 2. The fourth-order valence-corrected chi connectivity index (χ4v) is 4.37. The van der Waals surface area contributed by atoms with Gasteiger partial charge in [0.2, 0.25) is 0 Å². The van der Waals surface area contributed by atoms with E-state index in [0.29, 0.717) is 8.67 Å². The van der Waals surface area contributed by atoms with Crippen LogP contribution in [0, 0.1) is 0 Å². The highest BCUT2D eigenvalue weighted by molar-refractivity contribution is 9.09. The summed E-state index contributed by atoms with van der Waals surface area (Å²) in [6, 6.07) is 7.55. The Labute approximate surface area is 130 Å². The lowest BCUT2D eigenvalue weighted by Gasteiger charge is -2.09. The van der Waals surface area contributed by atoms with Crippen molar-refractivity contribution >= 4 is 61.5 Å². The maximum atomic E-state index is 11.2. The number of imidazole rings is 1. The first kappa shape index (κ1) is 13.2. The first-order chi connectivity index (χ1) is 9.04. The van der Waals surface area contributed by atoms with Crippen molar-refractivity contribution in [3.63, 3.8) is 0 Å². The first-order valence-electron chi connectivity index (χ1n) is 5.35. The smallest absolute Gasteiger partial charge is 0.306 e. The van der Waals surface area contributed by atoms with Crippen LogP contribution >= 0.6 is 50.5 Å². The van der Waals surface area contributed by atoms with Crippen LogP contribution in [0.25, 0.3) is 11.0 Å². The third-order valence-electron chi connectivity index (χ3n) is 2.79. The SMILES string of the molecule is O=c1[nH]c2ccc(C(Br)c3cc(Cl)sc3Cl)cc2[nH]1. The van der Waals surface area contributed by atoms with E-state index in [1.807, 2.05) is 24.3 Å². The number of nitrogens with one attached hydrogen (secondary N) is 2. The average Bonchev–Trinajstić information content (AvgIpc) is 2.88. The van der Waals surface area contributed by atoms with Crippen LogP contribution in [0.1, 0.15) is 16.0 Å². The van der Waals surface area contributed by atoms with Crippen molar-refractivity contribution in [1.82, 2.24) is 9.97 Å². The molecule has 19 heavy (non-hydrogen) atoms. The number of benzene rings is 1. The average molecular weight is 378 g/mol. The van der Waals surface area contributed by atoms with Gasteiger partial charge in [-0.3, -0.25) is 0 Å². The van der Waals surface area contributed by atoms with E-state index in [2.05, 4.69) is 25.9 Å². The molecule has 1 atom stereocenters. The molecule has 0 saturated carbocycles. The van der Waals surface area contributed by atoms with Crippen LogP contribution in [0.2, 0.25) is 8.67 Å². The maximum Gasteiger partial charge on any atom is 0.323 e. The Morgan fingerprint density at radius 1 is 1.16 bits per heavy atom. The van der Waals surface area contributed by atoms with Crippen LogP contribution in [0.5, 0.6) is 0 Å². The molecular weight excluding hydrogens is 371 g/mol. The van der Waals surface area contributed by atoms with Gasteiger partial charge in [-0.05, 0) is 23.8 Å². The minimum Gasteiger partial charge on any atom is -0.306 e.